The van der Waals surface area contributed by atoms with Crippen LogP contribution in [0.25, 0.3) is 0 Å². The van der Waals surface area contributed by atoms with E-state index in [1.165, 1.54) is 9.21 Å². The van der Waals surface area contributed by atoms with Crippen molar-refractivity contribution in [2.75, 3.05) is 10.8 Å². The minimum atomic E-state index is -4.17. The summed E-state index contributed by atoms with van der Waals surface area (Å²) in [6.07, 6.45) is 5.29. The molecular weight excluding hydrogens is 642 g/mol. The Labute approximate surface area is 290 Å². The number of rotatable bonds is 12. The number of nitrogens with zero attached hydrogens (tertiary/aromatic N) is 2. The van der Waals surface area contributed by atoms with Crippen LogP contribution in [0.15, 0.2) is 102 Å². The minimum absolute atomic E-state index is 0.0330. The number of hydrogen-bond donors (Lipinski definition) is 1. The van der Waals surface area contributed by atoms with E-state index < -0.39 is 28.5 Å². The highest BCUT2D eigenvalue weighted by molar-refractivity contribution is 7.92. The topological polar surface area (TPSA) is 86.8 Å². The number of carbonyl (C=O) groups excluding carboxylic acids is 2. The molecule has 9 heteroatoms. The summed E-state index contributed by atoms with van der Waals surface area (Å²) in [6, 6.07) is 28.0. The molecule has 4 aromatic rings. The third-order valence-corrected chi connectivity index (χ3v) is 10.9. The van der Waals surface area contributed by atoms with Crippen LogP contribution in [0.3, 0.4) is 0 Å². The zero-order valence-corrected chi connectivity index (χ0v) is 29.4. The van der Waals surface area contributed by atoms with Gasteiger partial charge in [-0.2, -0.15) is 0 Å². The van der Waals surface area contributed by atoms with Gasteiger partial charge in [0.05, 0.1) is 10.6 Å². The van der Waals surface area contributed by atoms with Gasteiger partial charge in [-0.25, -0.2) is 8.42 Å². The predicted octanol–water partition coefficient (Wildman–Crippen LogP) is 7.55. The van der Waals surface area contributed by atoms with Crippen molar-refractivity contribution in [2.24, 2.45) is 0 Å². The van der Waals surface area contributed by atoms with Crippen molar-refractivity contribution in [3.8, 4) is 0 Å². The summed E-state index contributed by atoms with van der Waals surface area (Å²) in [6.45, 7) is 5.29. The summed E-state index contributed by atoms with van der Waals surface area (Å²) in [5.74, 6) is -0.730. The Bertz CT molecular complexity index is 1790. The van der Waals surface area contributed by atoms with Gasteiger partial charge in [0.15, 0.2) is 0 Å². The van der Waals surface area contributed by atoms with Crippen LogP contribution in [0.5, 0.6) is 0 Å². The molecule has 1 unspecified atom stereocenters. The molecule has 1 aliphatic carbocycles. The van der Waals surface area contributed by atoms with E-state index in [4.69, 9.17) is 11.6 Å². The van der Waals surface area contributed by atoms with Crippen molar-refractivity contribution in [1.82, 2.24) is 10.2 Å². The van der Waals surface area contributed by atoms with E-state index in [0.717, 1.165) is 59.9 Å². The van der Waals surface area contributed by atoms with Crippen molar-refractivity contribution >= 4 is 39.1 Å². The van der Waals surface area contributed by atoms with Crippen LogP contribution in [-0.4, -0.2) is 43.8 Å². The van der Waals surface area contributed by atoms with Gasteiger partial charge < -0.3 is 10.2 Å². The van der Waals surface area contributed by atoms with Gasteiger partial charge in [0, 0.05) is 24.0 Å². The maximum atomic E-state index is 14.7. The first-order valence-corrected chi connectivity index (χ1v) is 18.4. The Balaban J connectivity index is 1.58. The number of anilines is 1. The van der Waals surface area contributed by atoms with Crippen molar-refractivity contribution in [3.05, 3.63) is 130 Å². The van der Waals surface area contributed by atoms with Crippen molar-refractivity contribution < 1.29 is 18.0 Å². The van der Waals surface area contributed by atoms with Gasteiger partial charge in [-0.1, -0.05) is 97.1 Å². The molecule has 1 fully saturated rings. The van der Waals surface area contributed by atoms with Gasteiger partial charge >= 0.3 is 0 Å². The lowest BCUT2D eigenvalue weighted by atomic mass is 9.94. The fraction of sp³-hybridized carbons (Fsp3) is 0.333. The smallest absolute Gasteiger partial charge is 0.264 e. The van der Waals surface area contributed by atoms with Crippen molar-refractivity contribution in [3.63, 3.8) is 0 Å². The Morgan fingerprint density at radius 3 is 2.04 bits per heavy atom. The second-order valence-electron chi connectivity index (χ2n) is 12.9. The maximum Gasteiger partial charge on any atom is 0.264 e. The quantitative estimate of drug-likeness (QED) is 0.167. The highest BCUT2D eigenvalue weighted by atomic mass is 35.5. The highest BCUT2D eigenvalue weighted by Gasteiger charge is 2.35. The van der Waals surface area contributed by atoms with Crippen LogP contribution in [-0.2, 0) is 32.6 Å². The van der Waals surface area contributed by atoms with Crippen LogP contribution in [0.2, 0.25) is 5.02 Å². The van der Waals surface area contributed by atoms with Gasteiger partial charge in [-0.15, -0.1) is 0 Å². The van der Waals surface area contributed by atoms with E-state index in [9.17, 15) is 18.0 Å². The summed E-state index contributed by atoms with van der Waals surface area (Å²) in [7, 11) is -4.17. The van der Waals surface area contributed by atoms with E-state index >= 15 is 0 Å². The second kappa shape index (κ2) is 15.8. The van der Waals surface area contributed by atoms with Crippen molar-refractivity contribution in [2.45, 2.75) is 82.8 Å². The van der Waals surface area contributed by atoms with Crippen LogP contribution >= 0.6 is 11.6 Å². The summed E-state index contributed by atoms with van der Waals surface area (Å²) in [5, 5.41) is 3.80. The van der Waals surface area contributed by atoms with E-state index in [1.54, 1.807) is 48.5 Å². The SMILES string of the molecule is Cc1ccc(S(=O)(=O)N(CC(=O)N(Cc2ccc(Cl)cc2)C(Cc2ccccc2)C(=O)NC2CCCCC2)c2cc(C)cc(C)c2)cc1. The number of carbonyl (C=O) groups is 2. The molecule has 48 heavy (non-hydrogen) atoms. The average molecular weight is 686 g/mol. The molecule has 0 aromatic heterocycles. The average Bonchev–Trinajstić information content (AvgIpc) is 3.06. The van der Waals surface area contributed by atoms with E-state index in [2.05, 4.69) is 5.32 Å². The molecule has 1 aliphatic rings. The summed E-state index contributed by atoms with van der Waals surface area (Å²) in [5.41, 5.74) is 4.72. The molecule has 4 aromatic carbocycles. The molecule has 0 saturated heterocycles. The normalized spacial score (nSPS) is 14.2. The minimum Gasteiger partial charge on any atom is -0.352 e. The molecule has 0 aliphatic heterocycles. The van der Waals surface area contributed by atoms with Crippen LogP contribution in [0.1, 0.15) is 59.9 Å². The number of benzene rings is 4. The van der Waals surface area contributed by atoms with E-state index in [-0.39, 0.29) is 29.8 Å². The molecule has 0 bridgehead atoms. The standard InChI is InChI=1S/C39H44ClN3O4S/c1-28-14-20-36(21-15-28)48(46,47)43(35-23-29(2)22-30(3)24-35)27-38(44)42(26-32-16-18-33(40)19-17-32)37(25-31-10-6-4-7-11-31)39(45)41-34-12-8-5-9-13-34/h4,6-7,10-11,14-24,34,37H,5,8-9,12-13,25-27H2,1-3H3,(H,41,45). The molecule has 0 radical (unpaired) electrons. The molecule has 7 nitrogen and oxygen atoms in total. The van der Waals surface area contributed by atoms with Gasteiger partial charge in [0.2, 0.25) is 11.8 Å². The lowest BCUT2D eigenvalue weighted by Gasteiger charge is -2.35. The monoisotopic (exact) mass is 685 g/mol. The van der Waals surface area contributed by atoms with Gasteiger partial charge in [0.1, 0.15) is 12.6 Å². The predicted molar refractivity (Wildman–Crippen MR) is 193 cm³/mol. The zero-order chi connectivity index (χ0) is 34.3. The molecule has 5 rings (SSSR count). The zero-order valence-electron chi connectivity index (χ0n) is 27.9. The third-order valence-electron chi connectivity index (χ3n) is 8.87. The first-order valence-electron chi connectivity index (χ1n) is 16.6. The number of hydrogen-bond acceptors (Lipinski definition) is 4. The number of halogens is 1. The number of aryl methyl sites for hydroxylation is 3. The molecule has 1 saturated carbocycles. The highest BCUT2D eigenvalue weighted by Crippen LogP contribution is 2.28. The number of nitrogens with one attached hydrogen (secondary N) is 1. The van der Waals surface area contributed by atoms with Crippen LogP contribution in [0, 0.1) is 20.8 Å². The molecular formula is C39H44ClN3O4S. The number of sulfonamides is 1. The second-order valence-corrected chi connectivity index (χ2v) is 15.2. The molecule has 1 atom stereocenters. The molecule has 0 spiro atoms. The molecule has 252 valence electrons. The fourth-order valence-electron chi connectivity index (χ4n) is 6.35. The van der Waals surface area contributed by atoms with Gasteiger partial charge in [-0.05, 0) is 92.3 Å². The molecule has 2 amide bonds. The Morgan fingerprint density at radius 1 is 0.792 bits per heavy atom. The lowest BCUT2D eigenvalue weighted by Crippen LogP contribution is -2.55. The first kappa shape index (κ1) is 35.2. The Kier molecular flexibility index (Phi) is 11.6. The van der Waals surface area contributed by atoms with Gasteiger partial charge in [-0.3, -0.25) is 13.9 Å². The first-order chi connectivity index (χ1) is 23.0. The van der Waals surface area contributed by atoms with Crippen LogP contribution in [0.4, 0.5) is 5.69 Å². The van der Waals surface area contributed by atoms with Crippen molar-refractivity contribution in [1.29, 1.82) is 0 Å². The largest absolute Gasteiger partial charge is 0.352 e. The van der Waals surface area contributed by atoms with Gasteiger partial charge in [0.25, 0.3) is 10.0 Å². The Hall–Kier alpha value is -4.14. The lowest BCUT2D eigenvalue weighted by molar-refractivity contribution is -0.140. The summed E-state index contributed by atoms with van der Waals surface area (Å²) < 4.78 is 29.9. The fourth-order valence-corrected chi connectivity index (χ4v) is 7.87. The summed E-state index contributed by atoms with van der Waals surface area (Å²) in [4.78, 5) is 30.6. The molecule has 1 N–H and O–H groups in total. The van der Waals surface area contributed by atoms with E-state index in [1.807, 2.05) is 69.3 Å². The summed E-state index contributed by atoms with van der Waals surface area (Å²) >= 11 is 6.20. The maximum absolute atomic E-state index is 14.7. The number of amides is 2. The molecule has 0 heterocycles. The van der Waals surface area contributed by atoms with E-state index in [0.29, 0.717) is 10.7 Å². The van der Waals surface area contributed by atoms with Crippen LogP contribution < -0.4 is 9.62 Å². The Morgan fingerprint density at radius 2 is 1.42 bits per heavy atom. The third kappa shape index (κ3) is 9.05.